The van der Waals surface area contributed by atoms with Gasteiger partial charge in [-0.25, -0.2) is 0 Å². The van der Waals surface area contributed by atoms with E-state index in [4.69, 9.17) is 9.26 Å². The molecule has 0 saturated carbocycles. The van der Waals surface area contributed by atoms with E-state index in [0.29, 0.717) is 30.0 Å². The molecular formula is C24H22N6O4. The lowest BCUT2D eigenvalue weighted by Crippen LogP contribution is -2.46. The van der Waals surface area contributed by atoms with Crippen molar-refractivity contribution in [1.29, 1.82) is 0 Å². The number of rotatable bonds is 6. The quantitative estimate of drug-likeness (QED) is 0.312. The number of nitro benzene ring substituents is 1. The smallest absolute Gasteiger partial charge is 0.293 e. The minimum absolute atomic E-state index is 0.00688. The highest BCUT2D eigenvalue weighted by molar-refractivity contribution is 5.72. The number of anilines is 2. The molecule has 2 aromatic carbocycles. The molecule has 3 heterocycles. The van der Waals surface area contributed by atoms with Crippen molar-refractivity contribution in [2.75, 3.05) is 43.1 Å². The van der Waals surface area contributed by atoms with Gasteiger partial charge in [-0.1, -0.05) is 23.4 Å². The summed E-state index contributed by atoms with van der Waals surface area (Å²) in [5.41, 5.74) is 2.65. The van der Waals surface area contributed by atoms with E-state index in [1.165, 1.54) is 6.07 Å². The van der Waals surface area contributed by atoms with Gasteiger partial charge in [0.25, 0.3) is 11.6 Å². The lowest BCUT2D eigenvalue weighted by Gasteiger charge is -2.37. The van der Waals surface area contributed by atoms with Crippen molar-refractivity contribution in [1.82, 2.24) is 15.1 Å². The number of nitrogens with zero attached hydrogens (tertiary/aromatic N) is 6. The fourth-order valence-electron chi connectivity index (χ4n) is 4.09. The van der Waals surface area contributed by atoms with Gasteiger partial charge in [0.05, 0.1) is 17.7 Å². The van der Waals surface area contributed by atoms with Crippen molar-refractivity contribution < 1.29 is 14.2 Å². The van der Waals surface area contributed by atoms with Gasteiger partial charge in [-0.15, -0.1) is 0 Å². The maximum Gasteiger partial charge on any atom is 0.293 e. The number of piperazine rings is 1. The zero-order valence-electron chi connectivity index (χ0n) is 18.5. The summed E-state index contributed by atoms with van der Waals surface area (Å²) in [6.45, 7) is 2.73. The van der Waals surface area contributed by atoms with Crippen LogP contribution < -0.4 is 14.5 Å². The number of para-hydroxylation sites is 2. The average Bonchev–Trinajstić information content (AvgIpc) is 3.39. The first kappa shape index (κ1) is 21.4. The van der Waals surface area contributed by atoms with Crippen molar-refractivity contribution in [2.45, 2.75) is 0 Å². The molecule has 0 atom stereocenters. The number of nitro groups is 1. The second-order valence-corrected chi connectivity index (χ2v) is 7.74. The second kappa shape index (κ2) is 9.18. The van der Waals surface area contributed by atoms with Gasteiger partial charge in [0.1, 0.15) is 17.1 Å². The van der Waals surface area contributed by atoms with Gasteiger partial charge in [0.15, 0.2) is 0 Å². The Morgan fingerprint density at radius 1 is 0.971 bits per heavy atom. The zero-order chi connectivity index (χ0) is 23.5. The molecule has 10 nitrogen and oxygen atoms in total. The molecule has 1 fully saturated rings. The van der Waals surface area contributed by atoms with Gasteiger partial charge in [0.2, 0.25) is 5.82 Å². The highest BCUT2D eigenvalue weighted by Gasteiger charge is 2.26. The number of pyridine rings is 1. The maximum absolute atomic E-state index is 11.9. The van der Waals surface area contributed by atoms with E-state index in [2.05, 4.69) is 20.0 Å². The standard InChI is InChI=1S/C24H22N6O4/c1-33-22-8-3-2-7-20(22)29-14-12-28(13-15-29)19-10-9-17(16-21(19)30(31)32)23-26-24(34-27-23)18-6-4-5-11-25-18/h2-11,16H,12-15H2,1H3. The van der Waals surface area contributed by atoms with Crippen molar-refractivity contribution in [3.8, 4) is 28.7 Å². The van der Waals surface area contributed by atoms with Crippen LogP contribution in [-0.4, -0.2) is 53.3 Å². The molecule has 1 aliphatic heterocycles. The summed E-state index contributed by atoms with van der Waals surface area (Å²) in [5, 5.41) is 15.9. The Labute approximate surface area is 195 Å². The molecule has 1 aliphatic rings. The van der Waals surface area contributed by atoms with Gasteiger partial charge in [0, 0.05) is 44.0 Å². The summed E-state index contributed by atoms with van der Waals surface area (Å²) < 4.78 is 10.8. The Morgan fingerprint density at radius 2 is 1.71 bits per heavy atom. The monoisotopic (exact) mass is 458 g/mol. The average molecular weight is 458 g/mol. The highest BCUT2D eigenvalue weighted by Crippen LogP contribution is 2.35. The van der Waals surface area contributed by atoms with Crippen molar-refractivity contribution >= 4 is 17.1 Å². The molecule has 0 bridgehead atoms. The van der Waals surface area contributed by atoms with Crippen molar-refractivity contribution in [2.24, 2.45) is 0 Å². The number of benzene rings is 2. The Morgan fingerprint density at radius 3 is 2.41 bits per heavy atom. The Balaban J connectivity index is 1.37. The van der Waals surface area contributed by atoms with E-state index in [1.54, 1.807) is 37.6 Å². The molecule has 0 amide bonds. The molecule has 1 saturated heterocycles. The Hall–Kier alpha value is -4.47. The molecule has 0 radical (unpaired) electrons. The first-order chi connectivity index (χ1) is 16.6. The molecule has 0 spiro atoms. The third kappa shape index (κ3) is 4.13. The predicted molar refractivity (Wildman–Crippen MR) is 127 cm³/mol. The van der Waals surface area contributed by atoms with Crippen molar-refractivity contribution in [3.05, 3.63) is 77.0 Å². The Kier molecular flexibility index (Phi) is 5.77. The number of hydrogen-bond donors (Lipinski definition) is 0. The summed E-state index contributed by atoms with van der Waals surface area (Å²) in [6.07, 6.45) is 1.63. The second-order valence-electron chi connectivity index (χ2n) is 7.74. The van der Waals surface area contributed by atoms with E-state index >= 15 is 0 Å². The van der Waals surface area contributed by atoms with Crippen LogP contribution in [0, 0.1) is 10.1 Å². The molecule has 5 rings (SSSR count). The van der Waals surface area contributed by atoms with Crippen molar-refractivity contribution in [3.63, 3.8) is 0 Å². The van der Waals surface area contributed by atoms with Crippen LogP contribution in [0.25, 0.3) is 23.0 Å². The van der Waals surface area contributed by atoms with Crippen LogP contribution >= 0.6 is 0 Å². The van der Waals surface area contributed by atoms with Gasteiger partial charge in [-0.05, 0) is 36.4 Å². The SMILES string of the molecule is COc1ccccc1N1CCN(c2ccc(-c3noc(-c4ccccn4)n3)cc2[N+](=O)[O-])CC1. The van der Waals surface area contributed by atoms with Gasteiger partial charge < -0.3 is 19.1 Å². The van der Waals surface area contributed by atoms with Crippen LogP contribution in [0.2, 0.25) is 0 Å². The van der Waals surface area contributed by atoms with E-state index < -0.39 is 0 Å². The topological polar surface area (TPSA) is 111 Å². The summed E-state index contributed by atoms with van der Waals surface area (Å²) >= 11 is 0. The summed E-state index contributed by atoms with van der Waals surface area (Å²) in [6, 6.07) is 18.3. The van der Waals surface area contributed by atoms with Crippen LogP contribution in [0.3, 0.4) is 0 Å². The third-order valence-electron chi connectivity index (χ3n) is 5.79. The maximum atomic E-state index is 11.9. The summed E-state index contributed by atoms with van der Waals surface area (Å²) in [5.74, 6) is 1.35. The fraction of sp³-hybridized carbons (Fsp3) is 0.208. The number of aromatic nitrogens is 3. The minimum atomic E-state index is -0.370. The lowest BCUT2D eigenvalue weighted by atomic mass is 10.1. The normalized spacial score (nSPS) is 13.7. The van der Waals surface area contributed by atoms with Gasteiger partial charge >= 0.3 is 0 Å². The lowest BCUT2D eigenvalue weighted by molar-refractivity contribution is -0.384. The molecule has 172 valence electrons. The molecule has 2 aromatic heterocycles. The zero-order valence-corrected chi connectivity index (χ0v) is 18.5. The molecule has 10 heteroatoms. The van der Waals surface area contributed by atoms with Crippen LogP contribution in [-0.2, 0) is 0 Å². The first-order valence-corrected chi connectivity index (χ1v) is 10.8. The van der Waals surface area contributed by atoms with Crippen LogP contribution in [0.4, 0.5) is 17.1 Å². The summed E-state index contributed by atoms with van der Waals surface area (Å²) in [4.78, 5) is 24.4. The van der Waals surface area contributed by atoms with Crippen LogP contribution in [0.15, 0.2) is 71.4 Å². The number of hydrogen-bond acceptors (Lipinski definition) is 9. The predicted octanol–water partition coefficient (Wildman–Crippen LogP) is 4.04. The molecule has 4 aromatic rings. The van der Waals surface area contributed by atoms with Gasteiger partial charge in [-0.2, -0.15) is 4.98 Å². The molecule has 0 aliphatic carbocycles. The van der Waals surface area contributed by atoms with Crippen LogP contribution in [0.5, 0.6) is 5.75 Å². The highest BCUT2D eigenvalue weighted by atomic mass is 16.6. The van der Waals surface area contributed by atoms with Gasteiger partial charge in [-0.3, -0.25) is 15.1 Å². The van der Waals surface area contributed by atoms with E-state index in [0.717, 1.165) is 24.5 Å². The number of methoxy groups -OCH3 is 1. The van der Waals surface area contributed by atoms with E-state index in [-0.39, 0.29) is 22.3 Å². The molecule has 0 N–H and O–H groups in total. The molecular weight excluding hydrogens is 436 g/mol. The molecule has 34 heavy (non-hydrogen) atoms. The largest absolute Gasteiger partial charge is 0.495 e. The summed E-state index contributed by atoms with van der Waals surface area (Å²) in [7, 11) is 1.66. The van der Waals surface area contributed by atoms with E-state index in [9.17, 15) is 10.1 Å². The van der Waals surface area contributed by atoms with Crippen LogP contribution in [0.1, 0.15) is 0 Å². The minimum Gasteiger partial charge on any atom is -0.495 e. The third-order valence-corrected chi connectivity index (χ3v) is 5.79. The van der Waals surface area contributed by atoms with E-state index in [1.807, 2.05) is 35.2 Å². The Bertz CT molecular complexity index is 1300. The first-order valence-electron chi connectivity index (χ1n) is 10.8. The number of ether oxygens (including phenoxy) is 1. The molecule has 0 unspecified atom stereocenters. The fourth-order valence-corrected chi connectivity index (χ4v) is 4.09.